The summed E-state index contributed by atoms with van der Waals surface area (Å²) in [6.45, 7) is 8.35. The van der Waals surface area contributed by atoms with Crippen LogP contribution in [0.15, 0.2) is 0 Å². The Morgan fingerprint density at radius 2 is 2.00 bits per heavy atom. The topological polar surface area (TPSA) is 95.7 Å². The number of hydrogen-bond donors (Lipinski definition) is 2. The van der Waals surface area contributed by atoms with Crippen LogP contribution in [0, 0.1) is 19.3 Å². The standard InChI is InChI=1S/C18H29N3O4/c1-5-8-18(17(24)25)11-20(9-7-15(18)22)16(23)10-21-13(4)14(6-2)12(3)19-21/h15,22H,5-11H2,1-4H3,(H,24,25)/t15-,18-/m1/s1. The van der Waals surface area contributed by atoms with E-state index in [1.165, 1.54) is 0 Å². The van der Waals surface area contributed by atoms with Crippen LogP contribution in [0.1, 0.15) is 50.1 Å². The van der Waals surface area contributed by atoms with Gasteiger partial charge >= 0.3 is 5.97 Å². The molecule has 0 saturated carbocycles. The summed E-state index contributed by atoms with van der Waals surface area (Å²) in [5.74, 6) is -1.18. The number of aryl methyl sites for hydroxylation is 1. The molecule has 1 saturated heterocycles. The monoisotopic (exact) mass is 351 g/mol. The molecular weight excluding hydrogens is 322 g/mol. The maximum atomic E-state index is 12.7. The predicted molar refractivity (Wildman–Crippen MR) is 93.3 cm³/mol. The third-order valence-electron chi connectivity index (χ3n) is 5.43. The van der Waals surface area contributed by atoms with Crippen molar-refractivity contribution in [3.8, 4) is 0 Å². The number of piperidine rings is 1. The van der Waals surface area contributed by atoms with Gasteiger partial charge in [0, 0.05) is 18.8 Å². The van der Waals surface area contributed by atoms with E-state index in [2.05, 4.69) is 12.0 Å². The lowest BCUT2D eigenvalue weighted by Crippen LogP contribution is -2.57. The van der Waals surface area contributed by atoms with Gasteiger partial charge in [0.2, 0.25) is 5.91 Å². The highest BCUT2D eigenvalue weighted by atomic mass is 16.4. The van der Waals surface area contributed by atoms with Crippen LogP contribution in [0.3, 0.4) is 0 Å². The van der Waals surface area contributed by atoms with Crippen molar-refractivity contribution in [1.82, 2.24) is 14.7 Å². The summed E-state index contributed by atoms with van der Waals surface area (Å²) >= 11 is 0. The highest BCUT2D eigenvalue weighted by molar-refractivity contribution is 5.80. The van der Waals surface area contributed by atoms with Gasteiger partial charge < -0.3 is 15.1 Å². The number of amides is 1. The summed E-state index contributed by atoms with van der Waals surface area (Å²) in [4.78, 5) is 26.1. The van der Waals surface area contributed by atoms with Crippen molar-refractivity contribution in [2.45, 2.75) is 66.0 Å². The maximum Gasteiger partial charge on any atom is 0.314 e. The van der Waals surface area contributed by atoms with E-state index in [1.807, 2.05) is 20.8 Å². The van der Waals surface area contributed by atoms with Crippen molar-refractivity contribution >= 4 is 11.9 Å². The summed E-state index contributed by atoms with van der Waals surface area (Å²) in [5.41, 5.74) is 1.77. The first-order valence-corrected chi connectivity index (χ1v) is 8.98. The Bertz CT molecular complexity index is 655. The maximum absolute atomic E-state index is 12.7. The average Bonchev–Trinajstić information content (AvgIpc) is 2.82. The number of likely N-dealkylation sites (tertiary alicyclic amines) is 1. The Morgan fingerprint density at radius 3 is 2.52 bits per heavy atom. The summed E-state index contributed by atoms with van der Waals surface area (Å²) in [7, 11) is 0. The molecule has 1 aliphatic heterocycles. The number of aliphatic carboxylic acids is 1. The third-order valence-corrected chi connectivity index (χ3v) is 5.43. The van der Waals surface area contributed by atoms with Gasteiger partial charge in [-0.05, 0) is 38.7 Å². The molecule has 2 N–H and O–H groups in total. The number of aliphatic hydroxyl groups is 1. The molecule has 1 aliphatic rings. The van der Waals surface area contributed by atoms with Crippen LogP contribution < -0.4 is 0 Å². The third kappa shape index (κ3) is 3.56. The van der Waals surface area contributed by atoms with Crippen molar-refractivity contribution in [1.29, 1.82) is 0 Å². The van der Waals surface area contributed by atoms with Gasteiger partial charge in [-0.2, -0.15) is 5.10 Å². The van der Waals surface area contributed by atoms with Gasteiger partial charge in [-0.3, -0.25) is 14.3 Å². The molecule has 1 fully saturated rings. The lowest BCUT2D eigenvalue weighted by atomic mass is 9.74. The molecule has 7 nitrogen and oxygen atoms in total. The average molecular weight is 351 g/mol. The van der Waals surface area contributed by atoms with E-state index in [0.717, 1.165) is 23.4 Å². The minimum atomic E-state index is -1.27. The zero-order valence-electron chi connectivity index (χ0n) is 15.6. The molecule has 2 atom stereocenters. The molecule has 0 aliphatic carbocycles. The molecule has 1 amide bonds. The van der Waals surface area contributed by atoms with E-state index in [4.69, 9.17) is 0 Å². The smallest absolute Gasteiger partial charge is 0.314 e. The molecule has 7 heteroatoms. The van der Waals surface area contributed by atoms with Gasteiger partial charge in [0.05, 0.1) is 11.8 Å². The van der Waals surface area contributed by atoms with Crippen LogP contribution >= 0.6 is 0 Å². The number of aromatic nitrogens is 2. The summed E-state index contributed by atoms with van der Waals surface area (Å²) in [6, 6.07) is 0. The van der Waals surface area contributed by atoms with Gasteiger partial charge in [0.1, 0.15) is 12.0 Å². The van der Waals surface area contributed by atoms with Crippen molar-refractivity contribution < 1.29 is 19.8 Å². The Kier molecular flexibility index (Phi) is 5.87. The highest BCUT2D eigenvalue weighted by Crippen LogP contribution is 2.35. The molecule has 2 heterocycles. The largest absolute Gasteiger partial charge is 0.481 e. The van der Waals surface area contributed by atoms with E-state index in [0.29, 0.717) is 19.4 Å². The second-order valence-corrected chi connectivity index (χ2v) is 6.99. The van der Waals surface area contributed by atoms with Gasteiger partial charge in [-0.1, -0.05) is 20.3 Å². The van der Waals surface area contributed by atoms with E-state index in [9.17, 15) is 19.8 Å². The number of aliphatic hydroxyl groups excluding tert-OH is 1. The molecule has 0 bridgehead atoms. The first kappa shape index (κ1) is 19.4. The predicted octanol–water partition coefficient (Wildman–Crippen LogP) is 1.53. The van der Waals surface area contributed by atoms with Gasteiger partial charge in [-0.15, -0.1) is 0 Å². The van der Waals surface area contributed by atoms with Crippen molar-refractivity contribution in [3.63, 3.8) is 0 Å². The van der Waals surface area contributed by atoms with Crippen LogP contribution in [0.2, 0.25) is 0 Å². The van der Waals surface area contributed by atoms with E-state index < -0.39 is 17.5 Å². The van der Waals surface area contributed by atoms with Gasteiger partial charge in [-0.25, -0.2) is 0 Å². The zero-order valence-corrected chi connectivity index (χ0v) is 15.6. The van der Waals surface area contributed by atoms with Crippen LogP contribution in [0.25, 0.3) is 0 Å². The number of rotatable bonds is 6. The molecule has 2 rings (SSSR count). The molecule has 1 aromatic heterocycles. The molecule has 0 aromatic carbocycles. The quantitative estimate of drug-likeness (QED) is 0.810. The minimum Gasteiger partial charge on any atom is -0.481 e. The lowest BCUT2D eigenvalue weighted by molar-refractivity contribution is -0.167. The van der Waals surface area contributed by atoms with Crippen LogP contribution in [-0.2, 0) is 22.6 Å². The summed E-state index contributed by atoms with van der Waals surface area (Å²) < 4.78 is 1.70. The Balaban J connectivity index is 2.18. The lowest BCUT2D eigenvalue weighted by Gasteiger charge is -2.43. The summed E-state index contributed by atoms with van der Waals surface area (Å²) in [5, 5.41) is 24.4. The SMILES string of the molecule is CCC[C@@]1(C(=O)O)CN(C(=O)Cn2nc(C)c(CC)c2C)CC[C@H]1O. The Hall–Kier alpha value is -1.89. The van der Waals surface area contributed by atoms with E-state index in [1.54, 1.807) is 9.58 Å². The molecule has 0 radical (unpaired) electrons. The van der Waals surface area contributed by atoms with E-state index in [-0.39, 0.29) is 25.4 Å². The fourth-order valence-corrected chi connectivity index (χ4v) is 3.93. The highest BCUT2D eigenvalue weighted by Gasteiger charge is 2.49. The van der Waals surface area contributed by atoms with E-state index >= 15 is 0 Å². The molecule has 0 spiro atoms. The van der Waals surface area contributed by atoms with Crippen LogP contribution in [0.4, 0.5) is 0 Å². The first-order valence-electron chi connectivity index (χ1n) is 8.98. The second kappa shape index (κ2) is 7.56. The number of carboxylic acids is 1. The first-order chi connectivity index (χ1) is 11.8. The molecule has 140 valence electrons. The van der Waals surface area contributed by atoms with Crippen LogP contribution in [0.5, 0.6) is 0 Å². The molecular formula is C18H29N3O4. The van der Waals surface area contributed by atoms with Gasteiger partial charge in [0.25, 0.3) is 0 Å². The van der Waals surface area contributed by atoms with Crippen LogP contribution in [-0.4, -0.2) is 56.0 Å². The summed E-state index contributed by atoms with van der Waals surface area (Å²) in [6.07, 6.45) is 1.22. The number of carbonyl (C=O) groups is 2. The van der Waals surface area contributed by atoms with Crippen molar-refractivity contribution in [2.24, 2.45) is 5.41 Å². The molecule has 1 aromatic rings. The fraction of sp³-hybridized carbons (Fsp3) is 0.722. The number of nitrogens with zero attached hydrogens (tertiary/aromatic N) is 3. The Morgan fingerprint density at radius 1 is 1.32 bits per heavy atom. The minimum absolute atomic E-state index is 0.0517. The van der Waals surface area contributed by atoms with Crippen molar-refractivity contribution in [2.75, 3.05) is 13.1 Å². The molecule has 0 unspecified atom stereocenters. The molecule has 25 heavy (non-hydrogen) atoms. The normalized spacial score (nSPS) is 23.7. The number of carbonyl (C=O) groups excluding carboxylic acids is 1. The fourth-order valence-electron chi connectivity index (χ4n) is 3.93. The Labute approximate surface area is 148 Å². The number of hydrogen-bond acceptors (Lipinski definition) is 4. The van der Waals surface area contributed by atoms with Gasteiger partial charge in [0.15, 0.2) is 0 Å². The number of carboxylic acid groups (broad SMARTS) is 1. The second-order valence-electron chi connectivity index (χ2n) is 6.99. The zero-order chi connectivity index (χ0) is 18.8. The van der Waals surface area contributed by atoms with Crippen molar-refractivity contribution in [3.05, 3.63) is 17.0 Å².